The Hall–Kier alpha value is -6.39. The Balaban J connectivity index is 0.000000252. The van der Waals surface area contributed by atoms with Crippen molar-refractivity contribution in [1.29, 1.82) is 0 Å². The van der Waals surface area contributed by atoms with Gasteiger partial charge in [-0.05, 0) is 86.6 Å². The van der Waals surface area contributed by atoms with Crippen LogP contribution < -0.4 is 19.8 Å². The van der Waals surface area contributed by atoms with Crippen molar-refractivity contribution in [2.75, 3.05) is 10.6 Å². The van der Waals surface area contributed by atoms with Gasteiger partial charge in [0.25, 0.3) is 11.8 Å². The quantitative estimate of drug-likeness (QED) is 0.107. The number of hydrogen-bond donors (Lipinski definition) is 2. The van der Waals surface area contributed by atoms with E-state index >= 15 is 0 Å². The first-order chi connectivity index (χ1) is 28.5. The number of carbonyl (C=O) groups is 2. The molecule has 0 aliphatic carbocycles. The number of aryl methyl sites for hydroxylation is 4. The number of fused-ring (bicyclic) bond motifs is 2. The van der Waals surface area contributed by atoms with E-state index in [0.717, 1.165) is 58.9 Å². The number of pyridine rings is 3. The summed E-state index contributed by atoms with van der Waals surface area (Å²) in [7, 11) is -8.54. The number of nitrogens with one attached hydrogen (secondary N) is 2. The first-order valence-corrected chi connectivity index (χ1v) is 21.9. The Morgan fingerprint density at radius 2 is 1.02 bits per heavy atom. The van der Waals surface area contributed by atoms with Crippen LogP contribution in [0.1, 0.15) is 58.7 Å². The summed E-state index contributed by atoms with van der Waals surface area (Å²) in [5.74, 6) is -0.611. The maximum Gasteiger partial charge on any atom is 0.274 e. The zero-order valence-electron chi connectivity index (χ0n) is 33.5. The molecule has 2 N–H and O–H groups in total. The molecule has 60 heavy (non-hydrogen) atoms. The van der Waals surface area contributed by atoms with E-state index in [1.165, 1.54) is 30.5 Å². The van der Waals surface area contributed by atoms with Crippen LogP contribution in [0.25, 0.3) is 21.8 Å². The van der Waals surface area contributed by atoms with Crippen molar-refractivity contribution in [3.05, 3.63) is 162 Å². The summed E-state index contributed by atoms with van der Waals surface area (Å²) >= 11 is 0. The fourth-order valence-electron chi connectivity index (χ4n) is 6.06. The highest BCUT2D eigenvalue weighted by Crippen LogP contribution is 2.19. The second kappa shape index (κ2) is 20.0. The van der Waals surface area contributed by atoms with Crippen LogP contribution in [0.2, 0.25) is 0 Å². The number of benzene rings is 4. The third kappa shape index (κ3) is 12.3. The molecule has 0 radical (unpaired) electrons. The van der Waals surface area contributed by atoms with Gasteiger partial charge in [0.05, 0.1) is 15.4 Å². The average molecular weight is 848 g/mol. The van der Waals surface area contributed by atoms with Crippen LogP contribution in [0.3, 0.4) is 0 Å². The first kappa shape index (κ1) is 44.7. The summed E-state index contributed by atoms with van der Waals surface area (Å²) in [6.45, 7) is 9.81. The van der Waals surface area contributed by atoms with Crippen molar-refractivity contribution in [2.45, 2.75) is 63.4 Å². The predicted octanol–water partition coefficient (Wildman–Crippen LogP) is 7.09. The highest BCUT2D eigenvalue weighted by molar-refractivity contribution is 7.86. The van der Waals surface area contributed by atoms with Crippen molar-refractivity contribution in [2.24, 2.45) is 0 Å². The van der Waals surface area contributed by atoms with E-state index in [1.807, 2.05) is 74.5 Å². The predicted molar refractivity (Wildman–Crippen MR) is 227 cm³/mol. The van der Waals surface area contributed by atoms with Crippen LogP contribution in [-0.4, -0.2) is 42.7 Å². The van der Waals surface area contributed by atoms with Gasteiger partial charge in [-0.3, -0.25) is 14.6 Å². The summed E-state index contributed by atoms with van der Waals surface area (Å²) in [5, 5.41) is 7.94. The van der Waals surface area contributed by atoms with Gasteiger partial charge in [0.2, 0.25) is 11.0 Å². The molecule has 0 atom stereocenters. The molecule has 0 unspecified atom stereocenters. The zero-order valence-corrected chi connectivity index (χ0v) is 35.2. The minimum Gasteiger partial charge on any atom is -0.744 e. The molecule has 0 saturated heterocycles. The van der Waals surface area contributed by atoms with Gasteiger partial charge in [-0.15, -0.1) is 0 Å². The van der Waals surface area contributed by atoms with Gasteiger partial charge in [0, 0.05) is 65.5 Å². The topological polar surface area (TPSA) is 193 Å². The minimum absolute atomic E-state index is 0.178. The van der Waals surface area contributed by atoms with Crippen molar-refractivity contribution >= 4 is 65.2 Å². The molecule has 7 rings (SSSR count). The van der Waals surface area contributed by atoms with Crippen LogP contribution in [0.15, 0.2) is 150 Å². The molecule has 0 aliphatic rings. The Morgan fingerprint density at radius 3 is 1.40 bits per heavy atom. The van der Waals surface area contributed by atoms with Crippen LogP contribution >= 0.6 is 0 Å². The van der Waals surface area contributed by atoms with Crippen molar-refractivity contribution in [3.8, 4) is 0 Å². The van der Waals surface area contributed by atoms with Crippen LogP contribution in [-0.2, 0) is 33.3 Å². The largest absolute Gasteiger partial charge is 0.744 e. The maximum atomic E-state index is 12.8. The highest BCUT2D eigenvalue weighted by Gasteiger charge is 2.14. The number of hydrogen-bond acceptors (Lipinski definition) is 9. The van der Waals surface area contributed by atoms with Gasteiger partial charge in [-0.1, -0.05) is 49.2 Å². The molecular formula is C45H45N5O8S2. The molecule has 13 nitrogen and oxygen atoms in total. The van der Waals surface area contributed by atoms with Crippen molar-refractivity contribution < 1.29 is 44.7 Å². The number of aromatic nitrogens is 3. The molecule has 15 heteroatoms. The SMILES string of the molecule is CCC[n+]1cccc2cc(NC(=O)c3ccc(C(=O)Nc4ccc5c(ccc[n+]5CCC)c4)nc3)ccc21.Cc1ccc(S(=O)(=O)[O-])cc1.Cc1ccc(S(=O)(=O)[O-])cc1. The molecule has 3 aromatic heterocycles. The highest BCUT2D eigenvalue weighted by atomic mass is 32.2. The van der Waals surface area contributed by atoms with Gasteiger partial charge in [-0.2, -0.15) is 9.13 Å². The molecule has 4 aromatic carbocycles. The molecular weight excluding hydrogens is 803 g/mol. The molecule has 310 valence electrons. The van der Waals surface area contributed by atoms with Gasteiger partial charge >= 0.3 is 0 Å². The Kier molecular flexibility index (Phi) is 14.9. The van der Waals surface area contributed by atoms with Crippen molar-refractivity contribution in [3.63, 3.8) is 0 Å². The van der Waals surface area contributed by atoms with Crippen molar-refractivity contribution in [1.82, 2.24) is 4.98 Å². The summed E-state index contributed by atoms with van der Waals surface area (Å²) in [5.41, 5.74) is 6.11. The molecule has 0 spiro atoms. The summed E-state index contributed by atoms with van der Waals surface area (Å²) in [4.78, 5) is 29.5. The number of rotatable bonds is 10. The number of carbonyl (C=O) groups excluding carboxylic acids is 2. The van der Waals surface area contributed by atoms with Crippen LogP contribution in [0.4, 0.5) is 11.4 Å². The number of amides is 2. The molecule has 0 fully saturated rings. The minimum atomic E-state index is -4.27. The van der Waals surface area contributed by atoms with E-state index in [0.29, 0.717) is 16.9 Å². The smallest absolute Gasteiger partial charge is 0.274 e. The first-order valence-electron chi connectivity index (χ1n) is 19.0. The number of nitrogens with zero attached hydrogens (tertiary/aromatic N) is 3. The Morgan fingerprint density at radius 1 is 0.583 bits per heavy atom. The summed E-state index contributed by atoms with van der Waals surface area (Å²) in [6, 6.07) is 34.6. The average Bonchev–Trinajstić information content (AvgIpc) is 3.21. The monoisotopic (exact) mass is 847 g/mol. The van der Waals surface area contributed by atoms with E-state index in [-0.39, 0.29) is 27.3 Å². The van der Waals surface area contributed by atoms with Crippen LogP contribution in [0, 0.1) is 13.8 Å². The molecule has 0 bridgehead atoms. The fourth-order valence-corrected chi connectivity index (χ4v) is 7.00. The number of anilines is 2. The lowest BCUT2D eigenvalue weighted by Gasteiger charge is -2.08. The van der Waals surface area contributed by atoms with E-state index in [9.17, 15) is 35.5 Å². The molecule has 7 aromatic rings. The summed E-state index contributed by atoms with van der Waals surface area (Å²) < 4.78 is 66.7. The summed E-state index contributed by atoms with van der Waals surface area (Å²) in [6.07, 6.45) is 7.65. The lowest BCUT2D eigenvalue weighted by molar-refractivity contribution is -0.671. The molecule has 0 aliphatic heterocycles. The van der Waals surface area contributed by atoms with Crippen LogP contribution in [0.5, 0.6) is 0 Å². The van der Waals surface area contributed by atoms with Gasteiger partial charge < -0.3 is 19.7 Å². The lowest BCUT2D eigenvalue weighted by Crippen LogP contribution is -2.33. The molecule has 3 heterocycles. The third-order valence-electron chi connectivity index (χ3n) is 9.08. The van der Waals surface area contributed by atoms with Gasteiger partial charge in [0.1, 0.15) is 39.0 Å². The third-order valence-corrected chi connectivity index (χ3v) is 10.8. The van der Waals surface area contributed by atoms with E-state index < -0.39 is 20.2 Å². The Bertz CT molecular complexity index is 2640. The Labute approximate surface area is 349 Å². The zero-order chi connectivity index (χ0) is 43.5. The lowest BCUT2D eigenvalue weighted by atomic mass is 10.1. The standard InChI is InChI=1S/C31H29N5O2.2C7H8O3S/c1-3-15-35-17-5-7-22-19-25(10-13-28(22)35)33-30(37)24-9-12-27(32-21-24)31(38)34-26-11-14-29-23(20-26)8-6-18-36(29)16-4-2;2*1-6-2-4-7(5-3-6)11(8,9)10/h5-14,17-21H,3-4,15-16H2,1-2H3;2*2-5H,1H3,(H,8,9,10). The normalized spacial score (nSPS) is 11.2. The van der Waals surface area contributed by atoms with Gasteiger partial charge in [-0.25, -0.2) is 16.8 Å². The second-order valence-corrected chi connectivity index (χ2v) is 16.6. The fraction of sp³-hybridized carbons (Fsp3) is 0.178. The van der Waals surface area contributed by atoms with E-state index in [4.69, 9.17) is 0 Å². The second-order valence-electron chi connectivity index (χ2n) is 13.8. The van der Waals surface area contributed by atoms with E-state index in [2.05, 4.69) is 51.0 Å². The molecule has 0 saturated carbocycles. The molecule has 2 amide bonds. The van der Waals surface area contributed by atoms with Gasteiger partial charge in [0.15, 0.2) is 12.4 Å². The maximum absolute atomic E-state index is 12.8. The van der Waals surface area contributed by atoms with E-state index in [1.54, 1.807) is 36.4 Å².